The molecule has 0 aromatic carbocycles. The Labute approximate surface area is 327 Å². The van der Waals surface area contributed by atoms with Gasteiger partial charge in [0.25, 0.3) is 0 Å². The first-order valence-corrected chi connectivity index (χ1v) is 22.4. The molecule has 0 aliphatic carbocycles. The van der Waals surface area contributed by atoms with E-state index in [0.717, 1.165) is 83.5 Å². The second kappa shape index (κ2) is 42.6. The van der Waals surface area contributed by atoms with E-state index in [1.54, 1.807) is 6.08 Å². The molecule has 0 heterocycles. The van der Waals surface area contributed by atoms with Crippen molar-refractivity contribution in [2.24, 2.45) is 0 Å². The third-order valence-corrected chi connectivity index (χ3v) is 9.81. The standard InChI is InChI=1S/C47H85NO5/c1-3-5-7-9-11-13-14-15-16-17-18-19-20-25-29-33-37-41-47(52)53-42-38-34-30-26-22-21-24-28-32-36-40-46(51)48-44(43-49)45(50)39-35-31-27-23-12-10-8-6-4-2/h11,13,15-16,22,26,35,39,44-45,49-50H,3-10,12,14,17-21,23-25,27-34,36-38,40-43H2,1-2H3,(H,48,51)/b13-11-,16-15-,26-22-,39-35+. The maximum absolute atomic E-state index is 12.3. The minimum Gasteiger partial charge on any atom is -0.466 e. The van der Waals surface area contributed by atoms with Gasteiger partial charge in [-0.1, -0.05) is 159 Å². The third-order valence-electron chi connectivity index (χ3n) is 9.81. The highest BCUT2D eigenvalue weighted by molar-refractivity contribution is 5.76. The number of hydrogen-bond acceptors (Lipinski definition) is 5. The molecule has 1 amide bonds. The van der Waals surface area contributed by atoms with Crippen LogP contribution < -0.4 is 5.32 Å². The predicted octanol–water partition coefficient (Wildman–Crippen LogP) is 12.7. The predicted molar refractivity (Wildman–Crippen MR) is 227 cm³/mol. The van der Waals surface area contributed by atoms with Crippen LogP contribution in [0.25, 0.3) is 0 Å². The molecule has 0 radical (unpaired) electrons. The summed E-state index contributed by atoms with van der Waals surface area (Å²) in [5, 5.41) is 22.8. The number of unbranched alkanes of at least 4 members (excludes halogenated alkanes) is 23. The molecule has 6 nitrogen and oxygen atoms in total. The van der Waals surface area contributed by atoms with E-state index in [9.17, 15) is 19.8 Å². The molecular weight excluding hydrogens is 659 g/mol. The van der Waals surface area contributed by atoms with Crippen molar-refractivity contribution in [1.82, 2.24) is 5.32 Å². The number of rotatable bonds is 40. The van der Waals surface area contributed by atoms with Crippen LogP contribution in [0.2, 0.25) is 0 Å². The Hall–Kier alpha value is -2.18. The Morgan fingerprint density at radius 3 is 1.49 bits per heavy atom. The number of aliphatic hydroxyl groups excluding tert-OH is 2. The van der Waals surface area contributed by atoms with Crippen LogP contribution in [0.5, 0.6) is 0 Å². The van der Waals surface area contributed by atoms with E-state index in [2.05, 4.69) is 55.6 Å². The van der Waals surface area contributed by atoms with E-state index in [1.165, 1.54) is 103 Å². The van der Waals surface area contributed by atoms with Crippen molar-refractivity contribution < 1.29 is 24.5 Å². The zero-order valence-corrected chi connectivity index (χ0v) is 34.7. The number of esters is 1. The minimum atomic E-state index is -0.865. The second-order valence-electron chi connectivity index (χ2n) is 15.0. The number of amides is 1. The number of aliphatic hydroxyl groups is 2. The molecule has 0 aliphatic heterocycles. The lowest BCUT2D eigenvalue weighted by molar-refractivity contribution is -0.143. The molecule has 6 heteroatoms. The molecule has 0 aromatic heterocycles. The third kappa shape index (κ3) is 39.3. The van der Waals surface area contributed by atoms with Crippen molar-refractivity contribution in [3.8, 4) is 0 Å². The molecule has 53 heavy (non-hydrogen) atoms. The SMILES string of the molecule is CCCCC/C=C\C/C=C\CCCCCCCCCC(=O)OCCCC/C=C\CCCCCCC(=O)NC(CO)C(O)/C=C/CCCCCCCCC. The van der Waals surface area contributed by atoms with Crippen molar-refractivity contribution in [3.05, 3.63) is 48.6 Å². The summed E-state index contributed by atoms with van der Waals surface area (Å²) in [7, 11) is 0. The Balaban J connectivity index is 3.56. The van der Waals surface area contributed by atoms with E-state index in [0.29, 0.717) is 19.4 Å². The van der Waals surface area contributed by atoms with Crippen LogP contribution in [0.15, 0.2) is 48.6 Å². The first-order valence-electron chi connectivity index (χ1n) is 22.4. The number of ether oxygens (including phenoxy) is 1. The van der Waals surface area contributed by atoms with Crippen molar-refractivity contribution in [1.29, 1.82) is 0 Å². The zero-order valence-electron chi connectivity index (χ0n) is 34.7. The maximum Gasteiger partial charge on any atom is 0.305 e. The van der Waals surface area contributed by atoms with Crippen molar-refractivity contribution in [2.75, 3.05) is 13.2 Å². The van der Waals surface area contributed by atoms with Gasteiger partial charge in [-0.05, 0) is 89.9 Å². The van der Waals surface area contributed by atoms with E-state index in [-0.39, 0.29) is 18.5 Å². The van der Waals surface area contributed by atoms with Gasteiger partial charge in [0.05, 0.1) is 25.4 Å². The summed E-state index contributed by atoms with van der Waals surface area (Å²) in [5.41, 5.74) is 0. The molecule has 0 fully saturated rings. The lowest BCUT2D eigenvalue weighted by Gasteiger charge is -2.20. The smallest absolute Gasteiger partial charge is 0.305 e. The second-order valence-corrected chi connectivity index (χ2v) is 15.0. The molecule has 308 valence electrons. The van der Waals surface area contributed by atoms with Crippen LogP contribution in [0.3, 0.4) is 0 Å². The summed E-state index contributed by atoms with van der Waals surface area (Å²) in [4.78, 5) is 24.3. The molecule has 0 aromatic rings. The van der Waals surface area contributed by atoms with Gasteiger partial charge in [0, 0.05) is 12.8 Å². The number of carbonyl (C=O) groups excluding carboxylic acids is 2. The van der Waals surface area contributed by atoms with Crippen LogP contribution >= 0.6 is 0 Å². The summed E-state index contributed by atoms with van der Waals surface area (Å²) in [6.07, 6.45) is 51.0. The van der Waals surface area contributed by atoms with Crippen LogP contribution in [0.4, 0.5) is 0 Å². The van der Waals surface area contributed by atoms with Gasteiger partial charge in [-0.2, -0.15) is 0 Å². The molecule has 0 saturated heterocycles. The summed E-state index contributed by atoms with van der Waals surface area (Å²) < 4.78 is 5.42. The van der Waals surface area contributed by atoms with Gasteiger partial charge in [0.15, 0.2) is 0 Å². The highest BCUT2D eigenvalue weighted by atomic mass is 16.5. The fourth-order valence-corrected chi connectivity index (χ4v) is 6.30. The Bertz CT molecular complexity index is 911. The molecule has 0 saturated carbocycles. The Kier molecular flexibility index (Phi) is 40.8. The van der Waals surface area contributed by atoms with Crippen molar-refractivity contribution in [2.45, 2.75) is 225 Å². The van der Waals surface area contributed by atoms with Crippen LogP contribution in [0.1, 0.15) is 213 Å². The summed E-state index contributed by atoms with van der Waals surface area (Å²) in [5.74, 6) is -0.158. The topological polar surface area (TPSA) is 95.9 Å². The highest BCUT2D eigenvalue weighted by Crippen LogP contribution is 2.12. The van der Waals surface area contributed by atoms with Crippen molar-refractivity contribution >= 4 is 11.9 Å². The molecular formula is C47H85NO5. The van der Waals surface area contributed by atoms with Crippen LogP contribution in [-0.4, -0.2) is 47.4 Å². The van der Waals surface area contributed by atoms with Gasteiger partial charge in [-0.25, -0.2) is 0 Å². The van der Waals surface area contributed by atoms with E-state index >= 15 is 0 Å². The zero-order chi connectivity index (χ0) is 38.7. The van der Waals surface area contributed by atoms with Gasteiger partial charge in [-0.15, -0.1) is 0 Å². The maximum atomic E-state index is 12.3. The normalized spacial score (nSPS) is 13.2. The lowest BCUT2D eigenvalue weighted by Crippen LogP contribution is -2.45. The molecule has 3 N–H and O–H groups in total. The molecule has 0 aliphatic rings. The summed E-state index contributed by atoms with van der Waals surface area (Å²) in [6, 6.07) is -0.652. The quantitative estimate of drug-likeness (QED) is 0.0330. The lowest BCUT2D eigenvalue weighted by atomic mass is 10.1. The molecule has 0 rings (SSSR count). The van der Waals surface area contributed by atoms with Gasteiger partial charge in [0.1, 0.15) is 0 Å². The average Bonchev–Trinajstić information content (AvgIpc) is 3.16. The van der Waals surface area contributed by atoms with E-state index < -0.39 is 12.1 Å². The number of nitrogens with one attached hydrogen (secondary N) is 1. The fourth-order valence-electron chi connectivity index (χ4n) is 6.30. The van der Waals surface area contributed by atoms with Crippen LogP contribution in [0, 0.1) is 0 Å². The minimum absolute atomic E-state index is 0.0482. The number of carbonyl (C=O) groups is 2. The summed E-state index contributed by atoms with van der Waals surface area (Å²) >= 11 is 0. The Morgan fingerprint density at radius 1 is 0.528 bits per heavy atom. The van der Waals surface area contributed by atoms with Gasteiger partial charge >= 0.3 is 5.97 Å². The van der Waals surface area contributed by atoms with E-state index in [1.807, 2.05) is 6.08 Å². The van der Waals surface area contributed by atoms with Crippen LogP contribution in [-0.2, 0) is 14.3 Å². The largest absolute Gasteiger partial charge is 0.466 e. The highest BCUT2D eigenvalue weighted by Gasteiger charge is 2.17. The average molecular weight is 744 g/mol. The number of allylic oxidation sites excluding steroid dienone is 7. The van der Waals surface area contributed by atoms with Gasteiger partial charge < -0.3 is 20.3 Å². The molecule has 0 spiro atoms. The fraction of sp³-hybridized carbons (Fsp3) is 0.787. The van der Waals surface area contributed by atoms with Crippen molar-refractivity contribution in [3.63, 3.8) is 0 Å². The molecule has 0 bridgehead atoms. The first-order chi connectivity index (χ1) is 26.0. The molecule has 2 atom stereocenters. The first kappa shape index (κ1) is 50.8. The number of hydrogen-bond donors (Lipinski definition) is 3. The van der Waals surface area contributed by atoms with Gasteiger partial charge in [0.2, 0.25) is 5.91 Å². The monoisotopic (exact) mass is 744 g/mol. The Morgan fingerprint density at radius 2 is 0.943 bits per heavy atom. The molecule has 2 unspecified atom stereocenters. The van der Waals surface area contributed by atoms with E-state index in [4.69, 9.17) is 4.74 Å². The summed E-state index contributed by atoms with van der Waals surface area (Å²) in [6.45, 7) is 4.73. The van der Waals surface area contributed by atoms with Gasteiger partial charge in [-0.3, -0.25) is 9.59 Å².